The van der Waals surface area contributed by atoms with Crippen LogP contribution in [-0.2, 0) is 5.54 Å². The van der Waals surface area contributed by atoms with E-state index in [1.54, 1.807) is 5.56 Å². The monoisotopic (exact) mass is 215 g/mol. The Balaban J connectivity index is 1.98. The second-order valence-electron chi connectivity index (χ2n) is 5.58. The molecule has 0 amide bonds. The van der Waals surface area contributed by atoms with Crippen molar-refractivity contribution in [3.63, 3.8) is 0 Å². The van der Waals surface area contributed by atoms with Gasteiger partial charge in [-0.1, -0.05) is 43.5 Å². The molecule has 0 aliphatic heterocycles. The van der Waals surface area contributed by atoms with Crippen molar-refractivity contribution in [2.24, 2.45) is 5.73 Å². The molecule has 2 N–H and O–H groups in total. The summed E-state index contributed by atoms with van der Waals surface area (Å²) in [5.41, 5.74) is 9.60. The fourth-order valence-corrected chi connectivity index (χ4v) is 3.30. The summed E-state index contributed by atoms with van der Waals surface area (Å²) < 4.78 is 0. The van der Waals surface area contributed by atoms with Crippen molar-refractivity contribution in [2.75, 3.05) is 0 Å². The van der Waals surface area contributed by atoms with Crippen LogP contribution in [0.15, 0.2) is 24.3 Å². The summed E-state index contributed by atoms with van der Waals surface area (Å²) in [5.74, 6) is 0.803. The molecular weight excluding hydrogens is 194 g/mol. The van der Waals surface area contributed by atoms with Crippen molar-refractivity contribution in [3.8, 4) is 0 Å². The zero-order valence-electron chi connectivity index (χ0n) is 9.91. The third-order valence-corrected chi connectivity index (χ3v) is 4.54. The van der Waals surface area contributed by atoms with E-state index in [4.69, 9.17) is 5.73 Å². The number of benzene rings is 1. The minimum Gasteiger partial charge on any atom is -0.321 e. The molecule has 0 saturated heterocycles. The van der Waals surface area contributed by atoms with E-state index < -0.39 is 0 Å². The number of nitrogens with two attached hydrogens (primary N) is 1. The van der Waals surface area contributed by atoms with Crippen molar-refractivity contribution in [1.29, 1.82) is 0 Å². The molecule has 2 aliphatic rings. The predicted octanol–water partition coefficient (Wildman–Crippen LogP) is 3.68. The predicted molar refractivity (Wildman–Crippen MR) is 67.4 cm³/mol. The molecule has 2 saturated carbocycles. The highest BCUT2D eigenvalue weighted by molar-refractivity contribution is 5.37. The lowest BCUT2D eigenvalue weighted by atomic mass is 9.74. The maximum absolute atomic E-state index is 6.60. The summed E-state index contributed by atoms with van der Waals surface area (Å²) in [5, 5.41) is 0. The Bertz CT molecular complexity index is 373. The molecule has 1 nitrogen and oxygen atoms in total. The van der Waals surface area contributed by atoms with E-state index in [2.05, 4.69) is 24.3 Å². The van der Waals surface area contributed by atoms with Crippen LogP contribution in [0.1, 0.15) is 62.0 Å². The van der Waals surface area contributed by atoms with Crippen molar-refractivity contribution in [3.05, 3.63) is 35.4 Å². The molecule has 86 valence electrons. The molecule has 0 aromatic heterocycles. The zero-order valence-corrected chi connectivity index (χ0v) is 9.91. The Labute approximate surface area is 98.0 Å². The molecule has 0 spiro atoms. The van der Waals surface area contributed by atoms with Gasteiger partial charge in [0.25, 0.3) is 0 Å². The molecule has 1 aromatic rings. The van der Waals surface area contributed by atoms with Gasteiger partial charge in [0.15, 0.2) is 0 Å². The summed E-state index contributed by atoms with van der Waals surface area (Å²) in [7, 11) is 0. The summed E-state index contributed by atoms with van der Waals surface area (Å²) in [4.78, 5) is 0. The van der Waals surface area contributed by atoms with Gasteiger partial charge in [-0.25, -0.2) is 0 Å². The van der Waals surface area contributed by atoms with Crippen molar-refractivity contribution >= 4 is 0 Å². The molecule has 0 radical (unpaired) electrons. The minimum absolute atomic E-state index is 0.00775. The highest BCUT2D eigenvalue weighted by Gasteiger charge is 2.35. The first-order chi connectivity index (χ1) is 7.80. The molecular formula is C15H21N. The van der Waals surface area contributed by atoms with Crippen LogP contribution in [0.4, 0.5) is 0 Å². The lowest BCUT2D eigenvalue weighted by Crippen LogP contribution is -2.35. The molecule has 0 heterocycles. The highest BCUT2D eigenvalue weighted by Crippen LogP contribution is 2.44. The third-order valence-electron chi connectivity index (χ3n) is 4.54. The quantitative estimate of drug-likeness (QED) is 0.800. The van der Waals surface area contributed by atoms with Gasteiger partial charge in [0.05, 0.1) is 0 Å². The van der Waals surface area contributed by atoms with Crippen LogP contribution in [0.25, 0.3) is 0 Å². The molecule has 3 rings (SSSR count). The van der Waals surface area contributed by atoms with Crippen LogP contribution in [0, 0.1) is 0 Å². The average molecular weight is 215 g/mol. The molecule has 0 atom stereocenters. The first-order valence-corrected chi connectivity index (χ1v) is 6.68. The van der Waals surface area contributed by atoms with Crippen molar-refractivity contribution < 1.29 is 0 Å². The van der Waals surface area contributed by atoms with Crippen LogP contribution in [0.3, 0.4) is 0 Å². The van der Waals surface area contributed by atoms with E-state index >= 15 is 0 Å². The fourth-order valence-electron chi connectivity index (χ4n) is 3.30. The summed E-state index contributed by atoms with van der Waals surface area (Å²) >= 11 is 0. The largest absolute Gasteiger partial charge is 0.321 e. The van der Waals surface area contributed by atoms with Gasteiger partial charge in [-0.15, -0.1) is 0 Å². The molecule has 1 heteroatoms. The standard InChI is InChI=1S/C15H21N/c16-15(10-3-4-11-15)14-9-2-1-8-13(14)12-6-5-7-12/h1-2,8-9,12H,3-7,10-11,16H2. The molecule has 2 fully saturated rings. The van der Waals surface area contributed by atoms with Gasteiger partial charge >= 0.3 is 0 Å². The Morgan fingerprint density at radius 1 is 1.00 bits per heavy atom. The van der Waals surface area contributed by atoms with Crippen molar-refractivity contribution in [1.82, 2.24) is 0 Å². The molecule has 2 aliphatic carbocycles. The lowest BCUT2D eigenvalue weighted by Gasteiger charge is -2.33. The van der Waals surface area contributed by atoms with Gasteiger partial charge < -0.3 is 5.73 Å². The minimum atomic E-state index is -0.00775. The van der Waals surface area contributed by atoms with E-state index in [0.29, 0.717) is 0 Å². The van der Waals surface area contributed by atoms with Crippen LogP contribution in [-0.4, -0.2) is 0 Å². The van der Waals surface area contributed by atoms with Gasteiger partial charge in [0, 0.05) is 5.54 Å². The molecule has 1 aromatic carbocycles. The maximum Gasteiger partial charge on any atom is 0.0412 e. The van der Waals surface area contributed by atoms with Crippen LogP contribution in [0.2, 0.25) is 0 Å². The van der Waals surface area contributed by atoms with E-state index in [-0.39, 0.29) is 5.54 Å². The summed E-state index contributed by atoms with van der Waals surface area (Å²) in [6.45, 7) is 0. The second kappa shape index (κ2) is 3.89. The SMILES string of the molecule is NC1(c2ccccc2C2CCC2)CCCC1. The van der Waals surface area contributed by atoms with Crippen LogP contribution >= 0.6 is 0 Å². The zero-order chi connectivity index (χ0) is 11.0. The Kier molecular flexibility index (Phi) is 2.51. The number of rotatable bonds is 2. The van der Waals surface area contributed by atoms with Gasteiger partial charge in [-0.3, -0.25) is 0 Å². The Morgan fingerprint density at radius 3 is 2.31 bits per heavy atom. The van der Waals surface area contributed by atoms with E-state index in [1.165, 1.54) is 50.5 Å². The van der Waals surface area contributed by atoms with Gasteiger partial charge in [-0.2, -0.15) is 0 Å². The first kappa shape index (κ1) is 10.3. The summed E-state index contributed by atoms with van der Waals surface area (Å²) in [6.07, 6.45) is 9.09. The average Bonchev–Trinajstić information content (AvgIpc) is 2.65. The van der Waals surface area contributed by atoms with Gasteiger partial charge in [0.1, 0.15) is 0 Å². The summed E-state index contributed by atoms with van der Waals surface area (Å²) in [6, 6.07) is 8.92. The van der Waals surface area contributed by atoms with Crippen molar-refractivity contribution in [2.45, 2.75) is 56.4 Å². The molecule has 0 unspecified atom stereocenters. The topological polar surface area (TPSA) is 26.0 Å². The fraction of sp³-hybridized carbons (Fsp3) is 0.600. The van der Waals surface area contributed by atoms with Crippen LogP contribution in [0.5, 0.6) is 0 Å². The van der Waals surface area contributed by atoms with E-state index in [0.717, 1.165) is 5.92 Å². The Morgan fingerprint density at radius 2 is 1.69 bits per heavy atom. The van der Waals surface area contributed by atoms with Crippen LogP contribution < -0.4 is 5.73 Å². The highest BCUT2D eigenvalue weighted by atomic mass is 14.8. The smallest absolute Gasteiger partial charge is 0.0412 e. The molecule has 16 heavy (non-hydrogen) atoms. The lowest BCUT2D eigenvalue weighted by molar-refractivity contribution is 0.396. The number of hydrogen-bond acceptors (Lipinski definition) is 1. The first-order valence-electron chi connectivity index (χ1n) is 6.68. The van der Waals surface area contributed by atoms with E-state index in [9.17, 15) is 0 Å². The van der Waals surface area contributed by atoms with Gasteiger partial charge in [-0.05, 0) is 42.7 Å². The normalized spacial score (nSPS) is 24.3. The maximum atomic E-state index is 6.60. The second-order valence-corrected chi connectivity index (χ2v) is 5.58. The van der Waals surface area contributed by atoms with Gasteiger partial charge in [0.2, 0.25) is 0 Å². The third kappa shape index (κ3) is 1.58. The number of hydrogen-bond donors (Lipinski definition) is 1. The Hall–Kier alpha value is -0.820. The van der Waals surface area contributed by atoms with E-state index in [1.807, 2.05) is 0 Å². The molecule has 0 bridgehead atoms.